The number of rotatable bonds is 5. The van der Waals surface area contributed by atoms with Crippen LogP contribution in [0.15, 0.2) is 48.5 Å². The number of pyridine rings is 1. The van der Waals surface area contributed by atoms with Crippen LogP contribution in [0.25, 0.3) is 10.9 Å². The highest BCUT2D eigenvalue weighted by Crippen LogP contribution is 2.32. The molecule has 0 amide bonds. The number of aryl methyl sites for hydroxylation is 1. The van der Waals surface area contributed by atoms with Crippen LogP contribution >= 0.6 is 0 Å². The van der Waals surface area contributed by atoms with Gasteiger partial charge in [0, 0.05) is 42.0 Å². The van der Waals surface area contributed by atoms with Crippen molar-refractivity contribution in [3.05, 3.63) is 65.4 Å². The van der Waals surface area contributed by atoms with Crippen LogP contribution in [0.4, 0.5) is 5.69 Å². The smallest absolute Gasteiger partial charge is 0.122 e. The lowest BCUT2D eigenvalue weighted by Crippen LogP contribution is -2.31. The van der Waals surface area contributed by atoms with Gasteiger partial charge in [-0.15, -0.1) is 0 Å². The molecular weight excluding hydrogens is 360 g/mol. The molecule has 5 nitrogen and oxygen atoms in total. The summed E-state index contributed by atoms with van der Waals surface area (Å²) in [6.45, 7) is 4.63. The Labute approximate surface area is 172 Å². The van der Waals surface area contributed by atoms with Gasteiger partial charge in [-0.05, 0) is 63.3 Å². The summed E-state index contributed by atoms with van der Waals surface area (Å²) in [6.07, 6.45) is 1.18. The SMILES string of the molecule is Cc1cc(N2CC[C@@H](N(C)C)C2)c2ccc(OCc3ccc(C#N)cc3)cc2n1. The molecule has 5 heteroatoms. The van der Waals surface area contributed by atoms with Crippen LogP contribution in [0.5, 0.6) is 5.75 Å². The molecule has 1 aliphatic rings. The monoisotopic (exact) mass is 386 g/mol. The van der Waals surface area contributed by atoms with E-state index in [4.69, 9.17) is 15.0 Å². The van der Waals surface area contributed by atoms with Gasteiger partial charge in [0.1, 0.15) is 12.4 Å². The molecule has 1 fully saturated rings. The molecule has 0 N–H and O–H groups in total. The lowest BCUT2D eigenvalue weighted by atomic mass is 10.1. The predicted octanol–water partition coefficient (Wildman–Crippen LogP) is 4.13. The van der Waals surface area contributed by atoms with E-state index in [0.29, 0.717) is 18.2 Å². The highest BCUT2D eigenvalue weighted by molar-refractivity contribution is 5.93. The maximum atomic E-state index is 8.91. The van der Waals surface area contributed by atoms with Crippen molar-refractivity contribution in [2.75, 3.05) is 32.1 Å². The summed E-state index contributed by atoms with van der Waals surface area (Å²) in [7, 11) is 4.31. The van der Waals surface area contributed by atoms with Crippen molar-refractivity contribution in [1.29, 1.82) is 5.26 Å². The highest BCUT2D eigenvalue weighted by Gasteiger charge is 2.25. The number of likely N-dealkylation sites (N-methyl/N-ethyl adjacent to an activating group) is 1. The van der Waals surface area contributed by atoms with Crippen molar-refractivity contribution in [3.8, 4) is 11.8 Å². The second kappa shape index (κ2) is 8.10. The molecule has 4 rings (SSSR count). The van der Waals surface area contributed by atoms with E-state index in [0.717, 1.165) is 35.6 Å². The Kier molecular flexibility index (Phi) is 5.37. The van der Waals surface area contributed by atoms with Gasteiger partial charge in [-0.2, -0.15) is 5.26 Å². The van der Waals surface area contributed by atoms with Gasteiger partial charge in [0.05, 0.1) is 17.1 Å². The van der Waals surface area contributed by atoms with Gasteiger partial charge in [0.15, 0.2) is 0 Å². The minimum atomic E-state index is 0.465. The van der Waals surface area contributed by atoms with Gasteiger partial charge in [0.2, 0.25) is 0 Å². The summed E-state index contributed by atoms with van der Waals surface area (Å²) in [5.74, 6) is 0.804. The van der Waals surface area contributed by atoms with Crippen molar-refractivity contribution in [2.24, 2.45) is 0 Å². The fourth-order valence-corrected chi connectivity index (χ4v) is 3.89. The summed E-state index contributed by atoms with van der Waals surface area (Å²) >= 11 is 0. The van der Waals surface area contributed by atoms with Crippen molar-refractivity contribution in [1.82, 2.24) is 9.88 Å². The van der Waals surface area contributed by atoms with Crippen LogP contribution in [0.1, 0.15) is 23.2 Å². The fourth-order valence-electron chi connectivity index (χ4n) is 3.89. The average Bonchev–Trinajstić information content (AvgIpc) is 3.22. The number of ether oxygens (including phenoxy) is 1. The second-order valence-electron chi connectivity index (χ2n) is 7.91. The standard InChI is InChI=1S/C24H26N4O/c1-17-12-24(28-11-10-20(15-28)27(2)3)22-9-8-21(13-23(22)26-17)29-16-19-6-4-18(14-25)5-7-19/h4-9,12-13,20H,10-11,15-16H2,1-3H3/t20-/m1/s1. The van der Waals surface area contributed by atoms with Gasteiger partial charge < -0.3 is 14.5 Å². The fraction of sp³-hybridized carbons (Fsp3) is 0.333. The summed E-state index contributed by atoms with van der Waals surface area (Å²) in [6, 6.07) is 18.6. The lowest BCUT2D eigenvalue weighted by Gasteiger charge is -2.23. The molecule has 3 aromatic rings. The Balaban J connectivity index is 1.55. The largest absolute Gasteiger partial charge is 0.489 e. The van der Waals surface area contributed by atoms with Crippen LogP contribution in [0.2, 0.25) is 0 Å². The Morgan fingerprint density at radius 1 is 1.17 bits per heavy atom. The quantitative estimate of drug-likeness (QED) is 0.660. The molecule has 0 radical (unpaired) electrons. The third kappa shape index (κ3) is 4.18. The second-order valence-corrected chi connectivity index (χ2v) is 7.91. The maximum Gasteiger partial charge on any atom is 0.122 e. The summed E-state index contributed by atoms with van der Waals surface area (Å²) < 4.78 is 5.98. The molecular formula is C24H26N4O. The van der Waals surface area contributed by atoms with Crippen molar-refractivity contribution in [2.45, 2.75) is 26.0 Å². The molecule has 0 saturated carbocycles. The normalized spacial score (nSPS) is 16.4. The number of fused-ring (bicyclic) bond motifs is 1. The van der Waals surface area contributed by atoms with Crippen LogP contribution in [-0.4, -0.2) is 43.1 Å². The minimum absolute atomic E-state index is 0.465. The van der Waals surface area contributed by atoms with E-state index in [1.807, 2.05) is 43.3 Å². The topological polar surface area (TPSA) is 52.4 Å². The Morgan fingerprint density at radius 2 is 1.97 bits per heavy atom. The third-order valence-electron chi connectivity index (χ3n) is 5.61. The lowest BCUT2D eigenvalue weighted by molar-refractivity contribution is 0.306. The number of nitriles is 1. The van der Waals surface area contributed by atoms with E-state index < -0.39 is 0 Å². The van der Waals surface area contributed by atoms with E-state index in [1.54, 1.807) is 0 Å². The molecule has 2 heterocycles. The zero-order valence-corrected chi connectivity index (χ0v) is 17.2. The number of nitrogens with zero attached hydrogens (tertiary/aromatic N) is 4. The molecule has 1 atom stereocenters. The molecule has 1 aromatic heterocycles. The van der Waals surface area contributed by atoms with E-state index in [2.05, 4.69) is 42.1 Å². The minimum Gasteiger partial charge on any atom is -0.489 e. The summed E-state index contributed by atoms with van der Waals surface area (Å²) in [4.78, 5) is 9.53. The Bertz CT molecular complexity index is 1050. The van der Waals surface area contributed by atoms with Crippen LogP contribution in [0, 0.1) is 18.3 Å². The van der Waals surface area contributed by atoms with Gasteiger partial charge in [0.25, 0.3) is 0 Å². The number of anilines is 1. The first kappa shape index (κ1) is 19.2. The summed E-state index contributed by atoms with van der Waals surface area (Å²) in [5, 5.41) is 10.1. The number of benzene rings is 2. The molecule has 0 spiro atoms. The maximum absolute atomic E-state index is 8.91. The van der Waals surface area contributed by atoms with E-state index in [-0.39, 0.29) is 0 Å². The van der Waals surface area contributed by atoms with Crippen LogP contribution < -0.4 is 9.64 Å². The van der Waals surface area contributed by atoms with Gasteiger partial charge in [-0.1, -0.05) is 12.1 Å². The van der Waals surface area contributed by atoms with Crippen molar-refractivity contribution >= 4 is 16.6 Å². The molecule has 2 aromatic carbocycles. The first-order valence-electron chi connectivity index (χ1n) is 9.98. The Hall–Kier alpha value is -3.10. The molecule has 0 aliphatic carbocycles. The van der Waals surface area contributed by atoms with Gasteiger partial charge in [-0.3, -0.25) is 4.98 Å². The first-order chi connectivity index (χ1) is 14.0. The Morgan fingerprint density at radius 3 is 2.66 bits per heavy atom. The van der Waals surface area contributed by atoms with Crippen molar-refractivity contribution < 1.29 is 4.74 Å². The molecule has 1 saturated heterocycles. The van der Waals surface area contributed by atoms with Crippen LogP contribution in [-0.2, 0) is 6.61 Å². The zero-order valence-electron chi connectivity index (χ0n) is 17.2. The van der Waals surface area contributed by atoms with E-state index in [1.165, 1.54) is 17.5 Å². The molecule has 0 bridgehead atoms. The zero-order chi connectivity index (χ0) is 20.4. The molecule has 1 aliphatic heterocycles. The number of hydrogen-bond donors (Lipinski definition) is 0. The van der Waals surface area contributed by atoms with Gasteiger partial charge in [-0.25, -0.2) is 0 Å². The van der Waals surface area contributed by atoms with E-state index >= 15 is 0 Å². The average molecular weight is 386 g/mol. The number of aromatic nitrogens is 1. The molecule has 29 heavy (non-hydrogen) atoms. The van der Waals surface area contributed by atoms with Crippen molar-refractivity contribution in [3.63, 3.8) is 0 Å². The molecule has 0 unspecified atom stereocenters. The van der Waals surface area contributed by atoms with Crippen LogP contribution in [0.3, 0.4) is 0 Å². The first-order valence-corrected chi connectivity index (χ1v) is 9.98. The molecule has 148 valence electrons. The van der Waals surface area contributed by atoms with E-state index in [9.17, 15) is 0 Å². The summed E-state index contributed by atoms with van der Waals surface area (Å²) in [5.41, 5.74) is 4.94. The highest BCUT2D eigenvalue weighted by atomic mass is 16.5. The predicted molar refractivity (Wildman–Crippen MR) is 116 cm³/mol. The third-order valence-corrected chi connectivity index (χ3v) is 5.61. The number of hydrogen-bond acceptors (Lipinski definition) is 5. The van der Waals surface area contributed by atoms with Gasteiger partial charge >= 0.3 is 0 Å².